The molecule has 0 aliphatic heterocycles. The fourth-order valence-electron chi connectivity index (χ4n) is 1.16. The summed E-state index contributed by atoms with van der Waals surface area (Å²) in [5, 5.41) is 9.98. The second kappa shape index (κ2) is 6.02. The van der Waals surface area contributed by atoms with Crippen LogP contribution >= 0.6 is 11.6 Å². The van der Waals surface area contributed by atoms with E-state index < -0.39 is 12.3 Å². The van der Waals surface area contributed by atoms with Gasteiger partial charge in [-0.15, -0.1) is 5.59 Å². The zero-order chi connectivity index (χ0) is 11.3. The van der Waals surface area contributed by atoms with Gasteiger partial charge in [-0.3, -0.25) is 4.84 Å². The van der Waals surface area contributed by atoms with Crippen LogP contribution in [0.4, 0.5) is 0 Å². The Bertz CT molecular complexity index is 292. The van der Waals surface area contributed by atoms with E-state index in [0.29, 0.717) is 5.02 Å². The minimum absolute atomic E-state index is 0.470. The minimum Gasteiger partial charge on any atom is -0.377 e. The maximum atomic E-state index is 9.35. The first-order valence-corrected chi connectivity index (χ1v) is 4.75. The smallest absolute Gasteiger partial charge is 0.123 e. The molecule has 0 aliphatic carbocycles. The number of rotatable bonds is 5. The number of aliphatic hydroxyl groups is 1. The third-order valence-electron chi connectivity index (χ3n) is 1.89. The van der Waals surface area contributed by atoms with Crippen molar-refractivity contribution >= 4 is 11.6 Å². The van der Waals surface area contributed by atoms with Crippen molar-refractivity contribution in [2.24, 2.45) is 5.73 Å². The molecular weight excluding hydrogens is 218 g/mol. The highest BCUT2D eigenvalue weighted by Crippen LogP contribution is 2.17. The Morgan fingerprint density at radius 3 is 2.47 bits per heavy atom. The molecule has 0 bridgehead atoms. The lowest BCUT2D eigenvalue weighted by Crippen LogP contribution is -2.44. The monoisotopic (exact) mass is 231 g/mol. The van der Waals surface area contributed by atoms with E-state index in [-0.39, 0.29) is 0 Å². The van der Waals surface area contributed by atoms with Crippen molar-refractivity contribution in [1.29, 1.82) is 0 Å². The molecule has 2 atom stereocenters. The van der Waals surface area contributed by atoms with E-state index in [1.807, 2.05) is 0 Å². The molecule has 0 heterocycles. The molecule has 0 fully saturated rings. The predicted octanol–water partition coefficient (Wildman–Crippen LogP) is 0.314. The molecule has 5 N–H and O–H groups in total. The SMILES string of the molecule is CONNC(c1ccc(Cl)cc1)C(N)O. The molecule has 0 saturated heterocycles. The second-order valence-electron chi connectivity index (χ2n) is 2.97. The minimum atomic E-state index is -1.05. The van der Waals surface area contributed by atoms with Gasteiger partial charge in [0.1, 0.15) is 6.23 Å². The van der Waals surface area contributed by atoms with E-state index in [0.717, 1.165) is 5.56 Å². The molecule has 0 amide bonds. The quantitative estimate of drug-likeness (QED) is 0.434. The Balaban J connectivity index is 2.74. The van der Waals surface area contributed by atoms with Gasteiger partial charge in [0.2, 0.25) is 0 Å². The summed E-state index contributed by atoms with van der Waals surface area (Å²) in [5.74, 6) is 0. The molecule has 0 aromatic heterocycles. The molecule has 1 aromatic rings. The van der Waals surface area contributed by atoms with Crippen LogP contribution in [-0.2, 0) is 4.84 Å². The van der Waals surface area contributed by atoms with Crippen LogP contribution in [-0.4, -0.2) is 18.4 Å². The molecule has 1 aromatic carbocycles. The molecule has 0 saturated carbocycles. The van der Waals surface area contributed by atoms with Gasteiger partial charge in [-0.05, 0) is 17.7 Å². The predicted molar refractivity (Wildman–Crippen MR) is 57.7 cm³/mol. The van der Waals surface area contributed by atoms with Gasteiger partial charge in [0.15, 0.2) is 0 Å². The maximum Gasteiger partial charge on any atom is 0.123 e. The Labute approximate surface area is 93.1 Å². The third-order valence-corrected chi connectivity index (χ3v) is 2.14. The summed E-state index contributed by atoms with van der Waals surface area (Å²) in [6, 6.07) is 6.52. The number of benzene rings is 1. The second-order valence-corrected chi connectivity index (χ2v) is 3.41. The summed E-state index contributed by atoms with van der Waals surface area (Å²) in [5.41, 5.74) is 11.4. The highest BCUT2D eigenvalue weighted by atomic mass is 35.5. The molecule has 5 nitrogen and oxygen atoms in total. The number of hydrogen-bond acceptors (Lipinski definition) is 5. The summed E-state index contributed by atoms with van der Waals surface area (Å²) >= 11 is 5.75. The van der Waals surface area contributed by atoms with Gasteiger partial charge in [-0.2, -0.15) is 0 Å². The number of aliphatic hydroxyl groups excluding tert-OH is 1. The molecule has 1 rings (SSSR count). The topological polar surface area (TPSA) is 79.5 Å². The Morgan fingerprint density at radius 1 is 1.40 bits per heavy atom. The first-order valence-electron chi connectivity index (χ1n) is 4.37. The van der Waals surface area contributed by atoms with Crippen molar-refractivity contribution in [3.8, 4) is 0 Å². The molecule has 0 radical (unpaired) electrons. The van der Waals surface area contributed by atoms with Crippen LogP contribution in [0.5, 0.6) is 0 Å². The van der Waals surface area contributed by atoms with Crippen molar-refractivity contribution in [3.05, 3.63) is 34.9 Å². The van der Waals surface area contributed by atoms with Crippen LogP contribution in [0.3, 0.4) is 0 Å². The summed E-state index contributed by atoms with van der Waals surface area (Å²) in [6.45, 7) is 0. The molecule has 0 aliphatic rings. The van der Waals surface area contributed by atoms with Crippen LogP contribution < -0.4 is 16.7 Å². The Morgan fingerprint density at radius 2 is 2.00 bits per heavy atom. The number of nitrogens with two attached hydrogens (primary N) is 1. The van der Waals surface area contributed by atoms with Gasteiger partial charge in [0.05, 0.1) is 13.2 Å². The molecule has 2 unspecified atom stereocenters. The lowest BCUT2D eigenvalue weighted by molar-refractivity contribution is 0.0179. The van der Waals surface area contributed by atoms with E-state index in [2.05, 4.69) is 15.9 Å². The van der Waals surface area contributed by atoms with Crippen molar-refractivity contribution < 1.29 is 9.94 Å². The van der Waals surface area contributed by atoms with Crippen LogP contribution in [0.15, 0.2) is 24.3 Å². The lowest BCUT2D eigenvalue weighted by Gasteiger charge is -2.21. The first-order chi connectivity index (χ1) is 7.15. The zero-order valence-corrected chi connectivity index (χ0v) is 9.03. The zero-order valence-electron chi connectivity index (χ0n) is 8.27. The van der Waals surface area contributed by atoms with Crippen molar-refractivity contribution in [2.45, 2.75) is 12.3 Å². The highest BCUT2D eigenvalue weighted by molar-refractivity contribution is 6.30. The van der Waals surface area contributed by atoms with E-state index in [4.69, 9.17) is 17.3 Å². The fourth-order valence-corrected chi connectivity index (χ4v) is 1.28. The third kappa shape index (κ3) is 3.75. The van der Waals surface area contributed by atoms with Crippen molar-refractivity contribution in [2.75, 3.05) is 7.11 Å². The Kier molecular flexibility index (Phi) is 4.97. The van der Waals surface area contributed by atoms with E-state index >= 15 is 0 Å². The number of hydrazine groups is 1. The average molecular weight is 232 g/mol. The van der Waals surface area contributed by atoms with Gasteiger partial charge in [0.25, 0.3) is 0 Å². The van der Waals surface area contributed by atoms with E-state index in [1.165, 1.54) is 7.11 Å². The average Bonchev–Trinajstić information content (AvgIpc) is 2.21. The first kappa shape index (κ1) is 12.4. The van der Waals surface area contributed by atoms with E-state index in [1.54, 1.807) is 24.3 Å². The van der Waals surface area contributed by atoms with Gasteiger partial charge >= 0.3 is 0 Å². The number of nitrogens with one attached hydrogen (secondary N) is 2. The van der Waals surface area contributed by atoms with E-state index in [9.17, 15) is 5.11 Å². The highest BCUT2D eigenvalue weighted by Gasteiger charge is 2.16. The summed E-state index contributed by atoms with van der Waals surface area (Å²) in [6.07, 6.45) is -1.05. The van der Waals surface area contributed by atoms with Gasteiger partial charge in [-0.1, -0.05) is 23.7 Å². The van der Waals surface area contributed by atoms with Crippen LogP contribution in [0.2, 0.25) is 5.02 Å². The van der Waals surface area contributed by atoms with Crippen LogP contribution in [0, 0.1) is 0 Å². The summed E-state index contributed by atoms with van der Waals surface area (Å²) in [7, 11) is 1.45. The molecule has 15 heavy (non-hydrogen) atoms. The van der Waals surface area contributed by atoms with Crippen LogP contribution in [0.1, 0.15) is 11.6 Å². The molecule has 6 heteroatoms. The van der Waals surface area contributed by atoms with Gasteiger partial charge in [0, 0.05) is 5.02 Å². The molecule has 84 valence electrons. The number of hydrogen-bond donors (Lipinski definition) is 4. The Hall–Kier alpha value is -0.690. The van der Waals surface area contributed by atoms with Gasteiger partial charge < -0.3 is 10.8 Å². The standard InChI is InChI=1S/C9H14ClN3O2/c1-15-13-12-8(9(11)14)6-2-4-7(10)5-3-6/h2-5,8-9,12-14H,11H2,1H3. The van der Waals surface area contributed by atoms with Crippen molar-refractivity contribution in [1.82, 2.24) is 11.0 Å². The fraction of sp³-hybridized carbons (Fsp3) is 0.333. The molecule has 0 spiro atoms. The normalized spacial score (nSPS) is 14.9. The summed E-state index contributed by atoms with van der Waals surface area (Å²) < 4.78 is 0. The summed E-state index contributed by atoms with van der Waals surface area (Å²) in [4.78, 5) is 4.61. The van der Waals surface area contributed by atoms with Crippen LogP contribution in [0.25, 0.3) is 0 Å². The van der Waals surface area contributed by atoms with Crippen molar-refractivity contribution in [3.63, 3.8) is 0 Å². The largest absolute Gasteiger partial charge is 0.377 e. The number of halogens is 1. The lowest BCUT2D eigenvalue weighted by atomic mass is 10.1. The van der Waals surface area contributed by atoms with Gasteiger partial charge in [-0.25, -0.2) is 5.43 Å². The molecular formula is C9H14ClN3O2. The maximum absolute atomic E-state index is 9.35.